The van der Waals surface area contributed by atoms with Crippen molar-refractivity contribution in [2.45, 2.75) is 57.0 Å². The summed E-state index contributed by atoms with van der Waals surface area (Å²) < 4.78 is 5.69. The standard InChI is InChI=1S/C13H17NO2S/c1-9-14-11(8-17-9)10-7-12(15)16-13(10)5-3-2-4-6-13/h8,10H,2-7H2,1H3/t10-/m1/s1. The highest BCUT2D eigenvalue weighted by molar-refractivity contribution is 7.09. The molecule has 92 valence electrons. The number of rotatable bonds is 1. The van der Waals surface area contributed by atoms with Gasteiger partial charge in [-0.15, -0.1) is 11.3 Å². The molecule has 1 aliphatic heterocycles. The summed E-state index contributed by atoms with van der Waals surface area (Å²) in [6, 6.07) is 0. The van der Waals surface area contributed by atoms with Gasteiger partial charge in [0, 0.05) is 5.38 Å². The smallest absolute Gasteiger partial charge is 0.307 e. The van der Waals surface area contributed by atoms with E-state index in [-0.39, 0.29) is 17.5 Å². The Morgan fingerprint density at radius 3 is 2.82 bits per heavy atom. The molecular weight excluding hydrogens is 234 g/mol. The number of hydrogen-bond donors (Lipinski definition) is 0. The second-order valence-corrected chi connectivity index (χ2v) is 6.21. The van der Waals surface area contributed by atoms with E-state index in [0.717, 1.165) is 23.5 Å². The van der Waals surface area contributed by atoms with Gasteiger partial charge < -0.3 is 4.74 Å². The first kappa shape index (κ1) is 11.2. The largest absolute Gasteiger partial charge is 0.458 e. The zero-order chi connectivity index (χ0) is 11.9. The third kappa shape index (κ3) is 1.88. The topological polar surface area (TPSA) is 39.2 Å². The molecule has 2 fully saturated rings. The number of hydrogen-bond acceptors (Lipinski definition) is 4. The Labute approximate surface area is 105 Å². The molecule has 2 aliphatic rings. The van der Waals surface area contributed by atoms with Crippen molar-refractivity contribution in [2.24, 2.45) is 0 Å². The molecule has 0 bridgehead atoms. The Balaban J connectivity index is 1.93. The van der Waals surface area contributed by atoms with Crippen LogP contribution in [0.4, 0.5) is 0 Å². The molecule has 2 heterocycles. The molecule has 1 aromatic rings. The van der Waals surface area contributed by atoms with Gasteiger partial charge in [-0.25, -0.2) is 4.98 Å². The van der Waals surface area contributed by atoms with Crippen molar-refractivity contribution in [3.8, 4) is 0 Å². The number of carbonyl (C=O) groups is 1. The SMILES string of the molecule is Cc1nc([C@H]2CC(=O)OC23CCCCC3)cs1. The summed E-state index contributed by atoms with van der Waals surface area (Å²) in [5, 5.41) is 3.17. The normalized spacial score (nSPS) is 27.4. The lowest BCUT2D eigenvalue weighted by Gasteiger charge is -2.36. The van der Waals surface area contributed by atoms with Crippen LogP contribution in [-0.2, 0) is 9.53 Å². The summed E-state index contributed by atoms with van der Waals surface area (Å²) in [6.07, 6.45) is 6.16. The van der Waals surface area contributed by atoms with Gasteiger partial charge in [-0.05, 0) is 32.6 Å². The third-order valence-electron chi connectivity index (χ3n) is 4.02. The minimum absolute atomic E-state index is 0.0393. The van der Waals surface area contributed by atoms with E-state index in [0.29, 0.717) is 6.42 Å². The Hall–Kier alpha value is -0.900. The molecule has 17 heavy (non-hydrogen) atoms. The third-order valence-corrected chi connectivity index (χ3v) is 4.81. The average Bonchev–Trinajstić information content (AvgIpc) is 2.85. The fourth-order valence-electron chi connectivity index (χ4n) is 3.21. The van der Waals surface area contributed by atoms with Crippen LogP contribution in [0.5, 0.6) is 0 Å². The molecule has 1 saturated heterocycles. The molecule has 1 aliphatic carbocycles. The minimum Gasteiger partial charge on any atom is -0.458 e. The molecule has 0 amide bonds. The highest BCUT2D eigenvalue weighted by Gasteiger charge is 2.50. The van der Waals surface area contributed by atoms with Gasteiger partial charge in [0.1, 0.15) is 5.60 Å². The summed E-state index contributed by atoms with van der Waals surface area (Å²) >= 11 is 1.66. The Kier molecular flexibility index (Phi) is 2.69. The van der Waals surface area contributed by atoms with Crippen molar-refractivity contribution in [2.75, 3.05) is 0 Å². The monoisotopic (exact) mass is 251 g/mol. The maximum absolute atomic E-state index is 11.7. The van der Waals surface area contributed by atoms with Crippen LogP contribution in [-0.4, -0.2) is 16.6 Å². The maximum Gasteiger partial charge on any atom is 0.307 e. The van der Waals surface area contributed by atoms with Crippen LogP contribution in [0.2, 0.25) is 0 Å². The summed E-state index contributed by atoms with van der Waals surface area (Å²) in [6.45, 7) is 2.01. The minimum atomic E-state index is -0.226. The summed E-state index contributed by atoms with van der Waals surface area (Å²) in [4.78, 5) is 16.2. The highest BCUT2D eigenvalue weighted by atomic mass is 32.1. The van der Waals surface area contributed by atoms with Gasteiger partial charge >= 0.3 is 5.97 Å². The Morgan fingerprint density at radius 1 is 1.41 bits per heavy atom. The number of thiazole rings is 1. The molecule has 3 nitrogen and oxygen atoms in total. The van der Waals surface area contributed by atoms with Gasteiger partial charge in [-0.2, -0.15) is 0 Å². The van der Waals surface area contributed by atoms with Crippen LogP contribution in [0, 0.1) is 6.92 Å². The number of aryl methyl sites for hydroxylation is 1. The maximum atomic E-state index is 11.7. The van der Waals surface area contributed by atoms with E-state index in [1.54, 1.807) is 11.3 Å². The second-order valence-electron chi connectivity index (χ2n) is 5.15. The zero-order valence-corrected chi connectivity index (χ0v) is 10.9. The van der Waals surface area contributed by atoms with Crippen molar-refractivity contribution in [1.29, 1.82) is 0 Å². The van der Waals surface area contributed by atoms with E-state index in [4.69, 9.17) is 4.74 Å². The number of ether oxygens (including phenoxy) is 1. The second kappa shape index (κ2) is 4.09. The summed E-state index contributed by atoms with van der Waals surface area (Å²) in [7, 11) is 0. The van der Waals surface area contributed by atoms with Crippen molar-refractivity contribution >= 4 is 17.3 Å². The van der Waals surface area contributed by atoms with Gasteiger partial charge in [-0.3, -0.25) is 4.79 Å². The highest BCUT2D eigenvalue weighted by Crippen LogP contribution is 2.49. The molecule has 4 heteroatoms. The molecule has 0 N–H and O–H groups in total. The van der Waals surface area contributed by atoms with E-state index in [9.17, 15) is 4.79 Å². The van der Waals surface area contributed by atoms with Crippen LogP contribution in [0.1, 0.15) is 55.1 Å². The first-order valence-electron chi connectivity index (χ1n) is 6.33. The van der Waals surface area contributed by atoms with Crippen LogP contribution < -0.4 is 0 Å². The van der Waals surface area contributed by atoms with Gasteiger partial charge in [-0.1, -0.05) is 6.42 Å². The fourth-order valence-corrected chi connectivity index (χ4v) is 3.87. The predicted molar refractivity (Wildman–Crippen MR) is 66.1 cm³/mol. The van der Waals surface area contributed by atoms with E-state index >= 15 is 0 Å². The van der Waals surface area contributed by atoms with E-state index in [1.165, 1.54) is 19.3 Å². The average molecular weight is 251 g/mol. The van der Waals surface area contributed by atoms with Crippen molar-refractivity contribution in [1.82, 2.24) is 4.98 Å². The number of esters is 1. The first-order chi connectivity index (χ1) is 8.20. The van der Waals surface area contributed by atoms with E-state index in [2.05, 4.69) is 10.4 Å². The molecule has 0 aromatic carbocycles. The van der Waals surface area contributed by atoms with Crippen LogP contribution in [0.25, 0.3) is 0 Å². The molecule has 1 atom stereocenters. The molecule has 1 spiro atoms. The first-order valence-corrected chi connectivity index (χ1v) is 7.21. The van der Waals surface area contributed by atoms with Crippen LogP contribution in [0.3, 0.4) is 0 Å². The van der Waals surface area contributed by atoms with E-state index < -0.39 is 0 Å². The number of aromatic nitrogens is 1. The van der Waals surface area contributed by atoms with Gasteiger partial charge in [0.05, 0.1) is 23.0 Å². The molecule has 3 rings (SSSR count). The summed E-state index contributed by atoms with van der Waals surface area (Å²) in [5.74, 6) is 0.155. The van der Waals surface area contributed by atoms with Crippen molar-refractivity contribution < 1.29 is 9.53 Å². The van der Waals surface area contributed by atoms with Gasteiger partial charge in [0.15, 0.2) is 0 Å². The molecule has 1 aromatic heterocycles. The Morgan fingerprint density at radius 2 is 2.18 bits per heavy atom. The molecular formula is C13H17NO2S. The lowest BCUT2D eigenvalue weighted by molar-refractivity contribution is -0.151. The van der Waals surface area contributed by atoms with Gasteiger partial charge in [0.2, 0.25) is 0 Å². The lowest BCUT2D eigenvalue weighted by atomic mass is 9.75. The Bertz CT molecular complexity index is 434. The summed E-state index contributed by atoms with van der Waals surface area (Å²) in [5.41, 5.74) is 0.843. The van der Waals surface area contributed by atoms with Crippen LogP contribution in [0.15, 0.2) is 5.38 Å². The molecule has 0 radical (unpaired) electrons. The predicted octanol–water partition coefficient (Wildman–Crippen LogP) is 3.18. The zero-order valence-electron chi connectivity index (χ0n) is 10.1. The number of nitrogens with zero attached hydrogens (tertiary/aromatic N) is 1. The lowest BCUT2D eigenvalue weighted by Crippen LogP contribution is -2.36. The molecule has 1 saturated carbocycles. The fraction of sp³-hybridized carbons (Fsp3) is 0.692. The molecule has 0 unspecified atom stereocenters. The van der Waals surface area contributed by atoms with Crippen molar-refractivity contribution in [3.05, 3.63) is 16.1 Å². The van der Waals surface area contributed by atoms with E-state index in [1.807, 2.05) is 6.92 Å². The van der Waals surface area contributed by atoms with Crippen molar-refractivity contribution in [3.63, 3.8) is 0 Å². The quantitative estimate of drug-likeness (QED) is 0.720. The van der Waals surface area contributed by atoms with Crippen LogP contribution >= 0.6 is 11.3 Å². The van der Waals surface area contributed by atoms with Gasteiger partial charge in [0.25, 0.3) is 0 Å². The number of carbonyl (C=O) groups excluding carboxylic acids is 1.